The quantitative estimate of drug-likeness (QED) is 0.657. The molecule has 1 aliphatic rings. The van der Waals surface area contributed by atoms with E-state index < -0.39 is 31.7 Å². The van der Waals surface area contributed by atoms with Gasteiger partial charge in [-0.1, -0.05) is 29.8 Å². The topological polar surface area (TPSA) is 96.3 Å². The summed E-state index contributed by atoms with van der Waals surface area (Å²) >= 11 is 5.81. The monoisotopic (exact) mass is 435 g/mol. The fourth-order valence-corrected chi connectivity index (χ4v) is 4.63. The van der Waals surface area contributed by atoms with Crippen molar-refractivity contribution >= 4 is 38.4 Å². The maximum absolute atomic E-state index is 14.5. The van der Waals surface area contributed by atoms with Gasteiger partial charge in [0.2, 0.25) is 10.0 Å². The molecule has 0 aliphatic carbocycles. The summed E-state index contributed by atoms with van der Waals surface area (Å²) in [4.78, 5) is 17.5. The van der Waals surface area contributed by atoms with E-state index in [1.165, 1.54) is 4.90 Å². The Kier molecular flexibility index (Phi) is 5.10. The molecule has 9 heteroatoms. The van der Waals surface area contributed by atoms with Crippen LogP contribution in [-0.2, 0) is 10.0 Å². The van der Waals surface area contributed by atoms with Crippen molar-refractivity contribution in [3.63, 3.8) is 0 Å². The highest BCUT2D eigenvalue weighted by Gasteiger charge is 2.29. The number of primary sulfonamides is 1. The number of piperidine rings is 1. The van der Waals surface area contributed by atoms with Crippen LogP contribution in [0.4, 0.5) is 4.39 Å². The Hall–Kier alpha value is -2.42. The summed E-state index contributed by atoms with van der Waals surface area (Å²) in [6, 6.07) is 11.8. The van der Waals surface area contributed by atoms with E-state index in [0.717, 1.165) is 41.6 Å². The molecule has 1 aromatic heterocycles. The molecule has 1 fully saturated rings. The Morgan fingerprint density at radius 2 is 2.00 bits per heavy atom. The van der Waals surface area contributed by atoms with Crippen LogP contribution in [0.3, 0.4) is 0 Å². The summed E-state index contributed by atoms with van der Waals surface area (Å²) in [5, 5.41) is 5.75. The number of halogens is 2. The zero-order chi connectivity index (χ0) is 20.8. The molecule has 0 spiro atoms. The van der Waals surface area contributed by atoms with Crippen molar-refractivity contribution in [2.45, 2.75) is 23.7 Å². The van der Waals surface area contributed by atoms with Crippen molar-refractivity contribution in [1.29, 1.82) is 0 Å². The lowest BCUT2D eigenvalue weighted by atomic mass is 9.94. The lowest BCUT2D eigenvalue weighted by Crippen LogP contribution is -2.39. The number of carbonyl (C=O) groups excluding carboxylic acids is 1. The van der Waals surface area contributed by atoms with Crippen LogP contribution in [0.2, 0.25) is 5.02 Å². The van der Waals surface area contributed by atoms with Crippen molar-refractivity contribution in [2.75, 3.05) is 13.1 Å². The molecule has 1 saturated heterocycles. The molecular formula is C20H19ClFN3O3S. The molecular weight excluding hydrogens is 417 g/mol. The second-order valence-electron chi connectivity index (χ2n) is 7.21. The van der Waals surface area contributed by atoms with Crippen molar-refractivity contribution < 1.29 is 17.6 Å². The molecule has 0 radical (unpaired) electrons. The number of sulfonamides is 1. The van der Waals surface area contributed by atoms with Crippen LogP contribution in [0.25, 0.3) is 10.9 Å². The number of nitrogens with one attached hydrogen (secondary N) is 1. The Balaban J connectivity index is 1.63. The number of nitrogens with zero attached hydrogens (tertiary/aromatic N) is 1. The molecule has 2 heterocycles. The minimum atomic E-state index is -4.12. The van der Waals surface area contributed by atoms with Gasteiger partial charge in [0.05, 0.1) is 15.5 Å². The highest BCUT2D eigenvalue weighted by molar-refractivity contribution is 7.89. The van der Waals surface area contributed by atoms with E-state index in [-0.39, 0.29) is 11.5 Å². The fraction of sp³-hybridized carbons (Fsp3) is 0.250. The van der Waals surface area contributed by atoms with Gasteiger partial charge >= 0.3 is 0 Å². The first-order valence-electron chi connectivity index (χ1n) is 9.13. The van der Waals surface area contributed by atoms with E-state index in [9.17, 15) is 17.6 Å². The second kappa shape index (κ2) is 7.44. The molecule has 1 unspecified atom stereocenters. The molecule has 4 rings (SSSR count). The van der Waals surface area contributed by atoms with Crippen LogP contribution in [0, 0.1) is 5.82 Å². The van der Waals surface area contributed by atoms with Gasteiger partial charge in [-0.05, 0) is 42.5 Å². The standard InChI is InChI=1S/C20H19ClFN3O3S/c21-16-10-14(29(23,27)28)9-15(19(16)22)20(26)25-7-3-5-13(11-25)18-8-12-4-1-2-6-17(12)24-18/h1-2,4,6,8-10,13,24H,3,5,7,11H2,(H2,23,27,28). The van der Waals surface area contributed by atoms with Gasteiger partial charge in [0.15, 0.2) is 5.82 Å². The Morgan fingerprint density at radius 3 is 2.72 bits per heavy atom. The maximum atomic E-state index is 14.5. The van der Waals surface area contributed by atoms with Gasteiger partial charge in [-0.3, -0.25) is 4.79 Å². The number of para-hydroxylation sites is 1. The minimum absolute atomic E-state index is 0.0695. The number of rotatable bonds is 3. The van der Waals surface area contributed by atoms with Gasteiger partial charge in [0.1, 0.15) is 0 Å². The van der Waals surface area contributed by atoms with E-state index in [2.05, 4.69) is 11.1 Å². The molecule has 0 saturated carbocycles. The minimum Gasteiger partial charge on any atom is -0.358 e. The maximum Gasteiger partial charge on any atom is 0.256 e. The normalized spacial score (nSPS) is 17.6. The number of amides is 1. The fourth-order valence-electron chi connectivity index (χ4n) is 3.79. The number of nitrogens with two attached hydrogens (primary N) is 1. The number of likely N-dealkylation sites (tertiary alicyclic amines) is 1. The van der Waals surface area contributed by atoms with Crippen molar-refractivity contribution in [2.24, 2.45) is 5.14 Å². The molecule has 152 valence electrons. The van der Waals surface area contributed by atoms with Gasteiger partial charge in [0.25, 0.3) is 5.91 Å². The number of fused-ring (bicyclic) bond motifs is 1. The van der Waals surface area contributed by atoms with Crippen LogP contribution >= 0.6 is 11.6 Å². The average Bonchev–Trinajstić information content (AvgIpc) is 3.13. The van der Waals surface area contributed by atoms with E-state index in [0.29, 0.717) is 13.1 Å². The molecule has 1 amide bonds. The lowest BCUT2D eigenvalue weighted by Gasteiger charge is -2.32. The van der Waals surface area contributed by atoms with Crippen LogP contribution in [0.5, 0.6) is 0 Å². The third-order valence-electron chi connectivity index (χ3n) is 5.26. The van der Waals surface area contributed by atoms with Gasteiger partial charge in [-0.25, -0.2) is 17.9 Å². The van der Waals surface area contributed by atoms with Gasteiger partial charge in [-0.15, -0.1) is 0 Å². The summed E-state index contributed by atoms with van der Waals surface area (Å²) < 4.78 is 37.8. The molecule has 29 heavy (non-hydrogen) atoms. The number of benzene rings is 2. The van der Waals surface area contributed by atoms with E-state index in [1.807, 2.05) is 24.3 Å². The molecule has 2 aromatic carbocycles. The number of aromatic amines is 1. The van der Waals surface area contributed by atoms with E-state index in [1.54, 1.807) is 0 Å². The highest BCUT2D eigenvalue weighted by atomic mass is 35.5. The van der Waals surface area contributed by atoms with Crippen molar-refractivity contribution in [3.8, 4) is 0 Å². The predicted octanol–water partition coefficient (Wildman–Crippen LogP) is 3.63. The van der Waals surface area contributed by atoms with Gasteiger partial charge in [-0.2, -0.15) is 0 Å². The van der Waals surface area contributed by atoms with E-state index in [4.69, 9.17) is 16.7 Å². The number of H-pyrrole nitrogens is 1. The summed E-state index contributed by atoms with van der Waals surface area (Å²) in [6.07, 6.45) is 1.63. The Morgan fingerprint density at radius 1 is 1.24 bits per heavy atom. The third-order valence-corrected chi connectivity index (χ3v) is 6.43. The summed E-state index contributed by atoms with van der Waals surface area (Å²) in [6.45, 7) is 0.842. The Bertz CT molecular complexity index is 1180. The first-order valence-corrected chi connectivity index (χ1v) is 11.1. The molecule has 0 bridgehead atoms. The molecule has 3 aromatic rings. The van der Waals surface area contributed by atoms with Crippen LogP contribution < -0.4 is 5.14 Å². The molecule has 1 atom stereocenters. The summed E-state index contributed by atoms with van der Waals surface area (Å²) in [5.74, 6) is -1.48. The highest BCUT2D eigenvalue weighted by Crippen LogP contribution is 2.31. The third kappa shape index (κ3) is 3.88. The zero-order valence-corrected chi connectivity index (χ0v) is 16.9. The first-order chi connectivity index (χ1) is 13.7. The zero-order valence-electron chi connectivity index (χ0n) is 15.4. The first kappa shape index (κ1) is 19.9. The molecule has 1 aliphatic heterocycles. The average molecular weight is 436 g/mol. The van der Waals surface area contributed by atoms with Gasteiger partial charge < -0.3 is 9.88 Å². The van der Waals surface area contributed by atoms with Crippen LogP contribution in [0.15, 0.2) is 47.4 Å². The predicted molar refractivity (Wildman–Crippen MR) is 109 cm³/mol. The largest absolute Gasteiger partial charge is 0.358 e. The molecule has 3 N–H and O–H groups in total. The van der Waals surface area contributed by atoms with Gasteiger partial charge in [0, 0.05) is 30.2 Å². The smallest absolute Gasteiger partial charge is 0.256 e. The van der Waals surface area contributed by atoms with Crippen LogP contribution in [0.1, 0.15) is 34.8 Å². The van der Waals surface area contributed by atoms with Crippen LogP contribution in [-0.4, -0.2) is 37.3 Å². The number of hydrogen-bond donors (Lipinski definition) is 2. The number of aromatic nitrogens is 1. The molecule has 6 nitrogen and oxygen atoms in total. The Labute approximate surface area is 172 Å². The van der Waals surface area contributed by atoms with E-state index >= 15 is 0 Å². The number of carbonyl (C=O) groups is 1. The number of hydrogen-bond acceptors (Lipinski definition) is 3. The van der Waals surface area contributed by atoms with Crippen molar-refractivity contribution in [1.82, 2.24) is 9.88 Å². The lowest BCUT2D eigenvalue weighted by molar-refractivity contribution is 0.0701. The van der Waals surface area contributed by atoms with Crippen molar-refractivity contribution in [3.05, 3.63) is 64.6 Å². The summed E-state index contributed by atoms with van der Waals surface area (Å²) in [5.41, 5.74) is 1.64. The SMILES string of the molecule is NS(=O)(=O)c1cc(Cl)c(F)c(C(=O)N2CCCC(c3cc4ccccc4[nH]3)C2)c1. The second-order valence-corrected chi connectivity index (χ2v) is 9.18. The summed E-state index contributed by atoms with van der Waals surface area (Å²) in [7, 11) is -4.12.